The molecule has 0 bridgehead atoms. The van der Waals surface area contributed by atoms with Crippen LogP contribution < -0.4 is 0 Å². The van der Waals surface area contributed by atoms with Crippen molar-refractivity contribution in [1.82, 2.24) is 19.3 Å². The Labute approximate surface area is 114 Å². The molecule has 3 rings (SSSR count). The molecule has 2 heterocycles. The van der Waals surface area contributed by atoms with Crippen LogP contribution >= 0.6 is 11.6 Å². The highest BCUT2D eigenvalue weighted by molar-refractivity contribution is 6.17. The van der Waals surface area contributed by atoms with Crippen LogP contribution in [0, 0.1) is 5.82 Å². The Hall–Kier alpha value is -1.88. The number of alkyl halides is 1. The minimum Gasteiger partial charge on any atom is -0.279 e. The first-order valence-corrected chi connectivity index (χ1v) is 6.46. The van der Waals surface area contributed by atoms with Gasteiger partial charge in [-0.2, -0.15) is 5.10 Å². The van der Waals surface area contributed by atoms with E-state index in [0.717, 1.165) is 5.82 Å². The summed E-state index contributed by atoms with van der Waals surface area (Å²) in [6.45, 7) is 0. The van der Waals surface area contributed by atoms with E-state index in [1.165, 1.54) is 6.07 Å². The van der Waals surface area contributed by atoms with Crippen molar-refractivity contribution in [2.75, 3.05) is 5.88 Å². The van der Waals surface area contributed by atoms with Gasteiger partial charge in [-0.05, 0) is 12.1 Å². The van der Waals surface area contributed by atoms with Gasteiger partial charge in [0.15, 0.2) is 11.6 Å². The molecule has 3 aromatic rings. The molecule has 2 aromatic heterocycles. The fourth-order valence-electron chi connectivity index (χ4n) is 2.14. The molecule has 0 unspecified atom stereocenters. The summed E-state index contributed by atoms with van der Waals surface area (Å²) in [5, 5.41) is 4.35. The Morgan fingerprint density at radius 2 is 2.16 bits per heavy atom. The maximum absolute atomic E-state index is 13.8. The van der Waals surface area contributed by atoms with Crippen LogP contribution in [-0.2, 0) is 13.5 Å². The van der Waals surface area contributed by atoms with Crippen molar-refractivity contribution in [3.8, 4) is 5.82 Å². The molecule has 0 fully saturated rings. The Balaban J connectivity index is 2.31. The van der Waals surface area contributed by atoms with E-state index in [4.69, 9.17) is 11.6 Å². The van der Waals surface area contributed by atoms with Gasteiger partial charge in [-0.25, -0.2) is 9.37 Å². The number of hydrogen-bond donors (Lipinski definition) is 0. The van der Waals surface area contributed by atoms with Crippen LogP contribution in [0.4, 0.5) is 4.39 Å². The van der Waals surface area contributed by atoms with Gasteiger partial charge >= 0.3 is 0 Å². The average Bonchev–Trinajstić information content (AvgIpc) is 2.94. The summed E-state index contributed by atoms with van der Waals surface area (Å²) in [5.74, 6) is 1.53. The molecule has 0 atom stereocenters. The summed E-state index contributed by atoms with van der Waals surface area (Å²) in [6, 6.07) is 6.77. The third-order valence-electron chi connectivity index (χ3n) is 2.95. The van der Waals surface area contributed by atoms with Crippen LogP contribution in [0.25, 0.3) is 16.9 Å². The predicted octanol–water partition coefficient (Wildman–Crippen LogP) is 2.68. The number of nitrogens with zero attached hydrogens (tertiary/aromatic N) is 4. The lowest BCUT2D eigenvalue weighted by atomic mass is 10.3. The standard InChI is InChI=1S/C13H12ClFN4/c1-18-8-6-12(17-18)19-10-4-2-3-9(15)13(10)16-11(19)5-7-14/h2-4,6,8H,5,7H2,1H3. The third kappa shape index (κ3) is 2.00. The average molecular weight is 279 g/mol. The van der Waals surface area contributed by atoms with E-state index in [0.29, 0.717) is 29.2 Å². The molecule has 19 heavy (non-hydrogen) atoms. The number of imidazole rings is 1. The second kappa shape index (κ2) is 4.66. The molecule has 0 aliphatic rings. The molecule has 0 saturated carbocycles. The van der Waals surface area contributed by atoms with Gasteiger partial charge in [0.1, 0.15) is 11.3 Å². The van der Waals surface area contributed by atoms with Crippen molar-refractivity contribution < 1.29 is 4.39 Å². The maximum Gasteiger partial charge on any atom is 0.160 e. The molecule has 4 nitrogen and oxygen atoms in total. The Bertz CT molecular complexity index is 731. The van der Waals surface area contributed by atoms with Crippen LogP contribution in [0.15, 0.2) is 30.5 Å². The second-order valence-electron chi connectivity index (χ2n) is 4.26. The summed E-state index contributed by atoms with van der Waals surface area (Å²) < 4.78 is 17.4. The maximum atomic E-state index is 13.8. The highest BCUT2D eigenvalue weighted by Gasteiger charge is 2.15. The number of benzene rings is 1. The predicted molar refractivity (Wildman–Crippen MR) is 72.2 cm³/mol. The molecule has 98 valence electrons. The minimum absolute atomic E-state index is 0.331. The zero-order chi connectivity index (χ0) is 13.4. The Kier molecular flexibility index (Phi) is 2.98. The number of aryl methyl sites for hydroxylation is 2. The number of fused-ring (bicyclic) bond motifs is 1. The number of para-hydroxylation sites is 1. The molecule has 0 N–H and O–H groups in total. The topological polar surface area (TPSA) is 35.6 Å². The van der Waals surface area contributed by atoms with E-state index >= 15 is 0 Å². The summed E-state index contributed by atoms with van der Waals surface area (Å²) in [4.78, 5) is 4.34. The van der Waals surface area contributed by atoms with Crippen molar-refractivity contribution >= 4 is 22.6 Å². The van der Waals surface area contributed by atoms with E-state index in [1.807, 2.05) is 29.9 Å². The summed E-state index contributed by atoms with van der Waals surface area (Å²) in [5.41, 5.74) is 1.06. The lowest BCUT2D eigenvalue weighted by Gasteiger charge is -2.04. The molecular formula is C13H12ClFN4. The summed E-state index contributed by atoms with van der Waals surface area (Å²) in [7, 11) is 1.84. The van der Waals surface area contributed by atoms with Gasteiger partial charge in [-0.15, -0.1) is 11.6 Å². The molecular weight excluding hydrogens is 267 g/mol. The molecule has 1 aromatic carbocycles. The van der Waals surface area contributed by atoms with Crippen molar-refractivity contribution in [2.24, 2.45) is 7.05 Å². The van der Waals surface area contributed by atoms with Crippen molar-refractivity contribution in [2.45, 2.75) is 6.42 Å². The van der Waals surface area contributed by atoms with Crippen LogP contribution in [0.2, 0.25) is 0 Å². The van der Waals surface area contributed by atoms with Crippen molar-refractivity contribution in [1.29, 1.82) is 0 Å². The smallest absolute Gasteiger partial charge is 0.160 e. The van der Waals surface area contributed by atoms with E-state index in [9.17, 15) is 4.39 Å². The van der Waals surface area contributed by atoms with Gasteiger partial charge in [-0.1, -0.05) is 6.07 Å². The molecule has 6 heteroatoms. The Morgan fingerprint density at radius 1 is 1.32 bits per heavy atom. The van der Waals surface area contributed by atoms with Crippen molar-refractivity contribution in [3.63, 3.8) is 0 Å². The first-order chi connectivity index (χ1) is 9.20. The summed E-state index contributed by atoms with van der Waals surface area (Å²) in [6.07, 6.45) is 2.40. The molecule has 0 spiro atoms. The number of hydrogen-bond acceptors (Lipinski definition) is 2. The quantitative estimate of drug-likeness (QED) is 0.691. The SMILES string of the molecule is Cn1ccc(-n2c(CCCl)nc3c(F)cccc32)n1. The lowest BCUT2D eigenvalue weighted by Crippen LogP contribution is -2.03. The van der Waals surface area contributed by atoms with E-state index in [2.05, 4.69) is 10.1 Å². The van der Waals surface area contributed by atoms with Crippen LogP contribution in [-0.4, -0.2) is 25.2 Å². The minimum atomic E-state index is -0.331. The van der Waals surface area contributed by atoms with E-state index < -0.39 is 0 Å². The van der Waals surface area contributed by atoms with Crippen LogP contribution in [0.3, 0.4) is 0 Å². The van der Waals surface area contributed by atoms with E-state index in [1.54, 1.807) is 10.7 Å². The monoisotopic (exact) mass is 278 g/mol. The second-order valence-corrected chi connectivity index (χ2v) is 4.64. The normalized spacial score (nSPS) is 11.3. The first-order valence-electron chi connectivity index (χ1n) is 5.92. The number of halogens is 2. The van der Waals surface area contributed by atoms with Gasteiger partial charge in [-0.3, -0.25) is 9.25 Å². The Morgan fingerprint density at radius 3 is 2.84 bits per heavy atom. The molecule has 0 amide bonds. The van der Waals surface area contributed by atoms with Gasteiger partial charge in [0.05, 0.1) is 5.52 Å². The van der Waals surface area contributed by atoms with Gasteiger partial charge < -0.3 is 0 Å². The zero-order valence-electron chi connectivity index (χ0n) is 10.3. The molecule has 0 radical (unpaired) electrons. The zero-order valence-corrected chi connectivity index (χ0v) is 11.1. The summed E-state index contributed by atoms with van der Waals surface area (Å²) >= 11 is 5.80. The number of rotatable bonds is 3. The van der Waals surface area contributed by atoms with Crippen LogP contribution in [0.5, 0.6) is 0 Å². The van der Waals surface area contributed by atoms with Gasteiger partial charge in [0.2, 0.25) is 0 Å². The number of aromatic nitrogens is 4. The molecule has 0 aliphatic heterocycles. The van der Waals surface area contributed by atoms with Crippen LogP contribution in [0.1, 0.15) is 5.82 Å². The highest BCUT2D eigenvalue weighted by atomic mass is 35.5. The van der Waals surface area contributed by atoms with Gasteiger partial charge in [0.25, 0.3) is 0 Å². The first kappa shape index (κ1) is 12.2. The lowest BCUT2D eigenvalue weighted by molar-refractivity contribution is 0.637. The van der Waals surface area contributed by atoms with Gasteiger partial charge in [0, 0.05) is 31.6 Å². The fraction of sp³-hybridized carbons (Fsp3) is 0.231. The largest absolute Gasteiger partial charge is 0.279 e. The third-order valence-corrected chi connectivity index (χ3v) is 3.14. The highest BCUT2D eigenvalue weighted by Crippen LogP contribution is 2.23. The van der Waals surface area contributed by atoms with Crippen molar-refractivity contribution in [3.05, 3.63) is 42.1 Å². The molecule has 0 aliphatic carbocycles. The molecule has 0 saturated heterocycles. The fourth-order valence-corrected chi connectivity index (χ4v) is 2.31. The van der Waals surface area contributed by atoms with E-state index in [-0.39, 0.29) is 5.82 Å².